The number of benzene rings is 2. The molecule has 0 spiro atoms. The molecule has 7 nitrogen and oxygen atoms in total. The van der Waals surface area contributed by atoms with Crippen LogP contribution in [0.5, 0.6) is 0 Å². The van der Waals surface area contributed by atoms with Crippen LogP contribution in [0.2, 0.25) is 0 Å². The van der Waals surface area contributed by atoms with Crippen LogP contribution in [-0.4, -0.2) is 63.1 Å². The van der Waals surface area contributed by atoms with Crippen LogP contribution in [0.4, 0.5) is 0 Å². The van der Waals surface area contributed by atoms with Crippen molar-refractivity contribution in [2.75, 3.05) is 26.2 Å². The number of imide groups is 1. The number of Topliss-reactive ketones (excluding diaryl/α,β-unsaturated/α-hetero) is 1. The Bertz CT molecular complexity index is 1140. The quantitative estimate of drug-likeness (QED) is 0.539. The van der Waals surface area contributed by atoms with E-state index < -0.39 is 0 Å². The van der Waals surface area contributed by atoms with E-state index >= 15 is 0 Å². The topological polar surface area (TPSA) is 75.5 Å². The molecule has 2 aliphatic rings. The molecule has 32 heavy (non-hydrogen) atoms. The van der Waals surface area contributed by atoms with Crippen molar-refractivity contribution < 1.29 is 14.4 Å². The number of amides is 2. The lowest BCUT2D eigenvalue weighted by Gasteiger charge is -2.31. The maximum atomic E-state index is 12.5. The van der Waals surface area contributed by atoms with Crippen LogP contribution in [0.25, 0.3) is 11.0 Å². The first kappa shape index (κ1) is 20.6. The largest absolute Gasteiger partial charge is 0.330 e. The molecule has 0 radical (unpaired) electrons. The van der Waals surface area contributed by atoms with Crippen molar-refractivity contribution in [1.82, 2.24) is 19.4 Å². The Balaban J connectivity index is 1.08. The summed E-state index contributed by atoms with van der Waals surface area (Å²) in [7, 11) is 0. The second-order valence-electron chi connectivity index (χ2n) is 8.70. The van der Waals surface area contributed by atoms with Crippen LogP contribution in [0.3, 0.4) is 0 Å². The lowest BCUT2D eigenvalue weighted by atomic mass is 9.96. The van der Waals surface area contributed by atoms with Crippen LogP contribution in [0.1, 0.15) is 40.0 Å². The van der Waals surface area contributed by atoms with Crippen LogP contribution in [-0.2, 0) is 11.3 Å². The molecule has 2 aromatic carbocycles. The van der Waals surface area contributed by atoms with Gasteiger partial charge in [-0.3, -0.25) is 24.2 Å². The number of fused-ring (bicyclic) bond motifs is 2. The van der Waals surface area contributed by atoms with Gasteiger partial charge in [0.2, 0.25) is 0 Å². The van der Waals surface area contributed by atoms with Gasteiger partial charge in [0, 0.05) is 19.5 Å². The molecular weight excluding hydrogens is 404 g/mol. The van der Waals surface area contributed by atoms with Gasteiger partial charge in [-0.25, -0.2) is 4.98 Å². The number of likely N-dealkylation sites (tertiary alicyclic amines) is 1. The first-order valence-electron chi connectivity index (χ1n) is 11.2. The van der Waals surface area contributed by atoms with Crippen molar-refractivity contribution in [1.29, 1.82) is 0 Å². The van der Waals surface area contributed by atoms with E-state index in [0.29, 0.717) is 23.6 Å². The lowest BCUT2D eigenvalue weighted by molar-refractivity contribution is -0.120. The SMILES string of the molecule is O=C(CCN1C(=O)c2ccccc2C1=O)CN1CCC(Cn2cnc3ccccc32)CC1. The minimum atomic E-state index is -0.300. The minimum Gasteiger partial charge on any atom is -0.330 e. The number of carbonyl (C=O) groups excluding carboxylic acids is 3. The summed E-state index contributed by atoms with van der Waals surface area (Å²) in [6.45, 7) is 3.24. The predicted octanol–water partition coefficient (Wildman–Crippen LogP) is 3.00. The Hall–Kier alpha value is -3.32. The van der Waals surface area contributed by atoms with Crippen LogP contribution in [0, 0.1) is 5.92 Å². The molecule has 0 bridgehead atoms. The third-order valence-electron chi connectivity index (χ3n) is 6.58. The summed E-state index contributed by atoms with van der Waals surface area (Å²) < 4.78 is 2.23. The number of hydrogen-bond donors (Lipinski definition) is 0. The van der Waals surface area contributed by atoms with Gasteiger partial charge in [0.15, 0.2) is 0 Å². The summed E-state index contributed by atoms with van der Waals surface area (Å²) in [6, 6.07) is 15.0. The lowest BCUT2D eigenvalue weighted by Crippen LogP contribution is -2.39. The number of ketones is 1. The summed E-state index contributed by atoms with van der Waals surface area (Å²) >= 11 is 0. The molecular formula is C25H26N4O3. The molecule has 2 amide bonds. The fourth-order valence-corrected chi connectivity index (χ4v) is 4.77. The molecule has 0 N–H and O–H groups in total. The van der Waals surface area contributed by atoms with Crippen molar-refractivity contribution in [3.8, 4) is 0 Å². The zero-order valence-corrected chi connectivity index (χ0v) is 17.9. The first-order chi connectivity index (χ1) is 15.6. The van der Waals surface area contributed by atoms with Gasteiger partial charge < -0.3 is 4.57 Å². The van der Waals surface area contributed by atoms with E-state index in [0.717, 1.165) is 38.0 Å². The molecule has 7 heteroatoms. The predicted molar refractivity (Wildman–Crippen MR) is 120 cm³/mol. The highest BCUT2D eigenvalue weighted by Gasteiger charge is 2.35. The maximum Gasteiger partial charge on any atom is 0.261 e. The summed E-state index contributed by atoms with van der Waals surface area (Å²) in [6.07, 6.45) is 4.20. The highest BCUT2D eigenvalue weighted by Crippen LogP contribution is 2.24. The zero-order chi connectivity index (χ0) is 22.1. The van der Waals surface area contributed by atoms with Gasteiger partial charge in [-0.2, -0.15) is 0 Å². The molecule has 1 aromatic heterocycles. The molecule has 2 aliphatic heterocycles. The monoisotopic (exact) mass is 430 g/mol. The Morgan fingerprint density at radius 2 is 1.59 bits per heavy atom. The number of piperidine rings is 1. The number of rotatable bonds is 7. The maximum absolute atomic E-state index is 12.5. The molecule has 0 unspecified atom stereocenters. The van der Waals surface area contributed by atoms with Crippen molar-refractivity contribution in [3.05, 3.63) is 66.0 Å². The number of hydrogen-bond acceptors (Lipinski definition) is 5. The van der Waals surface area contributed by atoms with Crippen molar-refractivity contribution >= 4 is 28.6 Å². The fraction of sp³-hybridized carbons (Fsp3) is 0.360. The van der Waals surface area contributed by atoms with E-state index in [1.54, 1.807) is 24.3 Å². The highest BCUT2D eigenvalue weighted by molar-refractivity contribution is 6.21. The molecule has 0 atom stereocenters. The number of imidazole rings is 1. The van der Waals surface area contributed by atoms with Crippen molar-refractivity contribution in [2.24, 2.45) is 5.92 Å². The second kappa shape index (κ2) is 8.67. The Kier molecular flexibility index (Phi) is 5.57. The number of nitrogens with zero attached hydrogens (tertiary/aromatic N) is 4. The fourth-order valence-electron chi connectivity index (χ4n) is 4.77. The van der Waals surface area contributed by atoms with Gasteiger partial charge in [-0.05, 0) is 56.1 Å². The number of aromatic nitrogens is 2. The van der Waals surface area contributed by atoms with Gasteiger partial charge in [-0.1, -0.05) is 24.3 Å². The Morgan fingerprint density at radius 3 is 2.31 bits per heavy atom. The van der Waals surface area contributed by atoms with E-state index in [1.807, 2.05) is 24.5 Å². The van der Waals surface area contributed by atoms with Gasteiger partial charge in [-0.15, -0.1) is 0 Å². The van der Waals surface area contributed by atoms with E-state index in [9.17, 15) is 14.4 Å². The average molecular weight is 431 g/mol. The normalized spacial score (nSPS) is 17.3. The average Bonchev–Trinajstić information content (AvgIpc) is 3.33. The third-order valence-corrected chi connectivity index (χ3v) is 6.58. The smallest absolute Gasteiger partial charge is 0.261 e. The molecule has 3 aromatic rings. The second-order valence-corrected chi connectivity index (χ2v) is 8.70. The van der Waals surface area contributed by atoms with Gasteiger partial charge in [0.1, 0.15) is 5.78 Å². The standard InChI is InChI=1S/C25H26N4O3/c30-19(11-14-29-24(31)20-5-1-2-6-21(20)25(29)32)16-27-12-9-18(10-13-27)15-28-17-26-22-7-3-4-8-23(22)28/h1-8,17-18H,9-16H2. The molecule has 1 saturated heterocycles. The Labute approximate surface area is 186 Å². The molecule has 5 rings (SSSR count). The van der Waals surface area contributed by atoms with E-state index in [4.69, 9.17) is 0 Å². The minimum absolute atomic E-state index is 0.0700. The van der Waals surface area contributed by atoms with E-state index in [2.05, 4.69) is 20.5 Å². The van der Waals surface area contributed by atoms with Gasteiger partial charge in [0.05, 0.1) is 35.0 Å². The number of carbonyl (C=O) groups is 3. The molecule has 0 aliphatic carbocycles. The van der Waals surface area contributed by atoms with Crippen LogP contribution >= 0.6 is 0 Å². The first-order valence-corrected chi connectivity index (χ1v) is 11.2. The van der Waals surface area contributed by atoms with Crippen LogP contribution < -0.4 is 0 Å². The molecule has 3 heterocycles. The van der Waals surface area contributed by atoms with Crippen molar-refractivity contribution in [3.63, 3.8) is 0 Å². The summed E-state index contributed by atoms with van der Waals surface area (Å²) in [4.78, 5) is 45.3. The summed E-state index contributed by atoms with van der Waals surface area (Å²) in [5.41, 5.74) is 3.04. The third kappa shape index (κ3) is 3.96. The molecule has 1 fully saturated rings. The summed E-state index contributed by atoms with van der Waals surface area (Å²) in [5.74, 6) is 0.0374. The van der Waals surface area contributed by atoms with Gasteiger partial charge >= 0.3 is 0 Å². The molecule has 0 saturated carbocycles. The number of para-hydroxylation sites is 2. The van der Waals surface area contributed by atoms with E-state index in [1.165, 1.54) is 10.4 Å². The Morgan fingerprint density at radius 1 is 0.938 bits per heavy atom. The van der Waals surface area contributed by atoms with E-state index in [-0.39, 0.29) is 30.6 Å². The summed E-state index contributed by atoms with van der Waals surface area (Å²) in [5, 5.41) is 0. The molecule has 164 valence electrons. The zero-order valence-electron chi connectivity index (χ0n) is 17.9. The highest BCUT2D eigenvalue weighted by atomic mass is 16.2. The van der Waals surface area contributed by atoms with Crippen LogP contribution in [0.15, 0.2) is 54.9 Å². The van der Waals surface area contributed by atoms with Gasteiger partial charge in [0.25, 0.3) is 11.8 Å². The van der Waals surface area contributed by atoms with Crippen molar-refractivity contribution in [2.45, 2.75) is 25.8 Å².